The van der Waals surface area contributed by atoms with E-state index in [4.69, 9.17) is 9.72 Å². The average molecular weight is 378 g/mol. The molecule has 1 N–H and O–H groups in total. The third-order valence-electron chi connectivity index (χ3n) is 5.48. The van der Waals surface area contributed by atoms with Gasteiger partial charge in [0.1, 0.15) is 5.75 Å². The molecule has 28 heavy (non-hydrogen) atoms. The zero-order valence-corrected chi connectivity index (χ0v) is 16.4. The van der Waals surface area contributed by atoms with Crippen LogP contribution in [-0.4, -0.2) is 35.7 Å². The number of methoxy groups -OCH3 is 1. The lowest BCUT2D eigenvalue weighted by Gasteiger charge is -2.32. The Morgan fingerprint density at radius 1 is 1.21 bits per heavy atom. The molecule has 146 valence electrons. The summed E-state index contributed by atoms with van der Waals surface area (Å²) in [7, 11) is 3.69. The number of piperidine rings is 1. The van der Waals surface area contributed by atoms with E-state index < -0.39 is 0 Å². The van der Waals surface area contributed by atoms with Gasteiger partial charge in [-0.1, -0.05) is 30.3 Å². The highest BCUT2D eigenvalue weighted by atomic mass is 16.5. The number of para-hydroxylation sites is 3. The zero-order chi connectivity index (χ0) is 19.5. The van der Waals surface area contributed by atoms with Gasteiger partial charge >= 0.3 is 0 Å². The Labute approximate surface area is 165 Å². The van der Waals surface area contributed by atoms with Gasteiger partial charge in [-0.3, -0.25) is 4.79 Å². The van der Waals surface area contributed by atoms with E-state index in [1.807, 2.05) is 49.5 Å². The Bertz CT molecular complexity index is 982. The number of ether oxygens (including phenoxy) is 1. The van der Waals surface area contributed by atoms with Crippen molar-refractivity contribution in [1.82, 2.24) is 14.9 Å². The molecule has 0 saturated carbocycles. The molecule has 0 radical (unpaired) electrons. The molecule has 0 aliphatic carbocycles. The van der Waals surface area contributed by atoms with Crippen molar-refractivity contribution in [1.29, 1.82) is 0 Å². The number of imidazole rings is 1. The number of nitrogens with zero attached hydrogens (tertiary/aromatic N) is 3. The molecule has 0 unspecified atom stereocenters. The minimum absolute atomic E-state index is 0.0386. The quantitative estimate of drug-likeness (QED) is 0.741. The van der Waals surface area contributed by atoms with E-state index in [0.29, 0.717) is 13.1 Å². The third-order valence-corrected chi connectivity index (χ3v) is 5.48. The molecule has 1 atom stereocenters. The van der Waals surface area contributed by atoms with E-state index in [2.05, 4.69) is 20.9 Å². The number of aromatic nitrogens is 2. The smallest absolute Gasteiger partial charge is 0.225 e. The second-order valence-electron chi connectivity index (χ2n) is 7.27. The minimum Gasteiger partial charge on any atom is -0.496 e. The molecule has 3 aromatic rings. The van der Waals surface area contributed by atoms with E-state index in [9.17, 15) is 4.79 Å². The van der Waals surface area contributed by atoms with Crippen molar-refractivity contribution in [3.63, 3.8) is 0 Å². The van der Waals surface area contributed by atoms with Crippen LogP contribution in [0.3, 0.4) is 0 Å². The summed E-state index contributed by atoms with van der Waals surface area (Å²) in [4.78, 5) is 19.8. The summed E-state index contributed by atoms with van der Waals surface area (Å²) in [5.41, 5.74) is 3.09. The van der Waals surface area contributed by atoms with Crippen LogP contribution in [0.15, 0.2) is 48.5 Å². The van der Waals surface area contributed by atoms with E-state index >= 15 is 0 Å². The molecule has 0 bridgehead atoms. The van der Waals surface area contributed by atoms with E-state index in [0.717, 1.165) is 47.7 Å². The molecule has 0 spiro atoms. The van der Waals surface area contributed by atoms with Crippen LogP contribution >= 0.6 is 0 Å². The number of anilines is 1. The van der Waals surface area contributed by atoms with Gasteiger partial charge in [-0.2, -0.15) is 0 Å². The summed E-state index contributed by atoms with van der Waals surface area (Å²) >= 11 is 0. The second-order valence-corrected chi connectivity index (χ2v) is 7.27. The summed E-state index contributed by atoms with van der Waals surface area (Å²) in [6, 6.07) is 15.9. The molecule has 1 aromatic heterocycles. The lowest BCUT2D eigenvalue weighted by atomic mass is 9.97. The highest BCUT2D eigenvalue weighted by Crippen LogP contribution is 2.26. The number of aryl methyl sites for hydroxylation is 1. The van der Waals surface area contributed by atoms with Crippen LogP contribution in [0.5, 0.6) is 5.75 Å². The molecule has 1 fully saturated rings. The van der Waals surface area contributed by atoms with E-state index in [1.54, 1.807) is 7.11 Å². The van der Waals surface area contributed by atoms with Crippen molar-refractivity contribution >= 4 is 22.9 Å². The van der Waals surface area contributed by atoms with Gasteiger partial charge in [0.25, 0.3) is 0 Å². The van der Waals surface area contributed by atoms with Gasteiger partial charge in [0.15, 0.2) is 0 Å². The van der Waals surface area contributed by atoms with Crippen molar-refractivity contribution in [3.05, 3.63) is 54.1 Å². The average Bonchev–Trinajstić information content (AvgIpc) is 3.09. The van der Waals surface area contributed by atoms with Crippen LogP contribution in [0.2, 0.25) is 0 Å². The summed E-state index contributed by atoms with van der Waals surface area (Å²) in [6.45, 7) is 2.09. The van der Waals surface area contributed by atoms with Gasteiger partial charge in [0.05, 0.1) is 24.1 Å². The predicted octanol–water partition coefficient (Wildman–Crippen LogP) is 3.11. The first-order chi connectivity index (χ1) is 13.7. The first-order valence-electron chi connectivity index (χ1n) is 9.73. The molecule has 1 amide bonds. The maximum atomic E-state index is 12.8. The summed E-state index contributed by atoms with van der Waals surface area (Å²) < 4.78 is 7.48. The van der Waals surface area contributed by atoms with Crippen molar-refractivity contribution in [2.75, 3.05) is 25.1 Å². The molecule has 1 aliphatic heterocycles. The maximum Gasteiger partial charge on any atom is 0.225 e. The van der Waals surface area contributed by atoms with Crippen LogP contribution in [0.25, 0.3) is 11.0 Å². The van der Waals surface area contributed by atoms with Crippen LogP contribution in [0, 0.1) is 5.92 Å². The third kappa shape index (κ3) is 3.54. The Morgan fingerprint density at radius 3 is 2.82 bits per heavy atom. The molecule has 1 aliphatic rings. The SMILES string of the molecule is COc1ccccc1CNC(=O)[C@H]1CCCN(c2nc3ccccc3n2C)C1. The number of benzene rings is 2. The van der Waals surface area contributed by atoms with Crippen LogP contribution in [0.4, 0.5) is 5.95 Å². The number of hydrogen-bond acceptors (Lipinski definition) is 4. The van der Waals surface area contributed by atoms with Gasteiger partial charge in [0, 0.05) is 32.2 Å². The first kappa shape index (κ1) is 18.3. The number of nitrogens with one attached hydrogen (secondary N) is 1. The number of fused-ring (bicyclic) bond motifs is 1. The monoisotopic (exact) mass is 378 g/mol. The van der Waals surface area contributed by atoms with E-state index in [-0.39, 0.29) is 11.8 Å². The Morgan fingerprint density at radius 2 is 2.00 bits per heavy atom. The fourth-order valence-corrected chi connectivity index (χ4v) is 3.96. The Hall–Kier alpha value is -3.02. The van der Waals surface area contributed by atoms with Gasteiger partial charge in [-0.05, 0) is 31.0 Å². The molecule has 2 heterocycles. The fourth-order valence-electron chi connectivity index (χ4n) is 3.96. The molecule has 6 nitrogen and oxygen atoms in total. The second kappa shape index (κ2) is 7.92. The summed E-state index contributed by atoms with van der Waals surface area (Å²) in [6.07, 6.45) is 1.88. The number of rotatable bonds is 5. The Balaban J connectivity index is 1.44. The number of carbonyl (C=O) groups is 1. The van der Waals surface area contributed by atoms with Gasteiger partial charge in [0.2, 0.25) is 11.9 Å². The number of hydrogen-bond donors (Lipinski definition) is 1. The molecular weight excluding hydrogens is 352 g/mol. The van der Waals surface area contributed by atoms with Gasteiger partial charge < -0.3 is 19.5 Å². The maximum absolute atomic E-state index is 12.8. The Kier molecular flexibility index (Phi) is 5.19. The number of carbonyl (C=O) groups excluding carboxylic acids is 1. The zero-order valence-electron chi connectivity index (χ0n) is 16.4. The first-order valence-corrected chi connectivity index (χ1v) is 9.73. The summed E-state index contributed by atoms with van der Waals surface area (Å²) in [5.74, 6) is 1.79. The molecule has 4 rings (SSSR count). The van der Waals surface area contributed by atoms with E-state index in [1.165, 1.54) is 0 Å². The highest BCUT2D eigenvalue weighted by molar-refractivity contribution is 5.81. The van der Waals surface area contributed by atoms with Crippen molar-refractivity contribution in [2.45, 2.75) is 19.4 Å². The minimum atomic E-state index is -0.0386. The van der Waals surface area contributed by atoms with Gasteiger partial charge in [-0.25, -0.2) is 4.98 Å². The van der Waals surface area contributed by atoms with Crippen LogP contribution in [0.1, 0.15) is 18.4 Å². The fraction of sp³-hybridized carbons (Fsp3) is 0.364. The van der Waals surface area contributed by atoms with Crippen LogP contribution < -0.4 is 15.0 Å². The molecular formula is C22H26N4O2. The van der Waals surface area contributed by atoms with Gasteiger partial charge in [-0.15, -0.1) is 0 Å². The lowest BCUT2D eigenvalue weighted by Crippen LogP contribution is -2.43. The predicted molar refractivity (Wildman–Crippen MR) is 110 cm³/mol. The van der Waals surface area contributed by atoms with Crippen LogP contribution in [-0.2, 0) is 18.4 Å². The van der Waals surface area contributed by atoms with Crippen molar-refractivity contribution in [2.24, 2.45) is 13.0 Å². The molecule has 2 aromatic carbocycles. The lowest BCUT2D eigenvalue weighted by molar-refractivity contribution is -0.125. The molecule has 6 heteroatoms. The topological polar surface area (TPSA) is 59.4 Å². The standard InChI is InChI=1S/C22H26N4O2/c1-25-19-11-5-4-10-18(19)24-22(25)26-13-7-9-17(15-26)21(27)23-14-16-8-3-6-12-20(16)28-2/h3-6,8,10-12,17H,7,9,13-15H2,1-2H3,(H,23,27)/t17-/m0/s1. The largest absolute Gasteiger partial charge is 0.496 e. The number of amides is 1. The normalized spacial score (nSPS) is 16.9. The highest BCUT2D eigenvalue weighted by Gasteiger charge is 2.28. The summed E-state index contributed by atoms with van der Waals surface area (Å²) in [5, 5.41) is 3.08. The van der Waals surface area contributed by atoms with Crippen molar-refractivity contribution < 1.29 is 9.53 Å². The molecule has 1 saturated heterocycles. The van der Waals surface area contributed by atoms with Crippen molar-refractivity contribution in [3.8, 4) is 5.75 Å².